The molecule has 0 fully saturated rings. The van der Waals surface area contributed by atoms with Gasteiger partial charge in [-0.15, -0.1) is 0 Å². The SMILES string of the molecule is C.COC(=O)N[C@H](C)CCc1nccc(-c2cn(C(C)C)nc2-c2cc(Cl)cc(NS(C)(=O)=O)c2F)n1.[2H]C([2H])([2H])C([2H])(C)n1cc(-c2ccnc(CC[C@@H](C)NC(=O)OC)n2)c(-c2cc(Cl)cc(NS(C)(=O)=O)c2F)n1.[2H]C([2H])([2H])C([2H])(C)n1cc(-c2ccnc(CC[C@@H](C)NC(=O)OC)n2)c(-c2cc(Cl)cc(NS(C)(=O)=O)c2F)n1. The van der Waals surface area contributed by atoms with Gasteiger partial charge in [0.15, 0.2) is 17.5 Å². The van der Waals surface area contributed by atoms with Crippen LogP contribution >= 0.6 is 34.8 Å². The first-order chi connectivity index (χ1) is 53.7. The van der Waals surface area contributed by atoms with Crippen molar-refractivity contribution in [1.29, 1.82) is 0 Å². The monoisotopic (exact) mass is 1640 g/mol. The maximum absolute atomic E-state index is 15.7. The van der Waals surface area contributed by atoms with Crippen molar-refractivity contribution < 1.29 is 78.0 Å². The van der Waals surface area contributed by atoms with Crippen LogP contribution in [-0.4, -0.2) is 161 Å². The molecule has 0 radical (unpaired) electrons. The molecule has 2 unspecified atom stereocenters. The zero-order valence-electron chi connectivity index (χ0n) is 68.5. The van der Waals surface area contributed by atoms with E-state index in [1.165, 1.54) is 82.5 Å². The number of hydrogen-bond acceptors (Lipinski definition) is 21. The number of nitrogens with zero attached hydrogens (tertiary/aromatic N) is 12. The number of aryl methyl sites for hydroxylation is 3. The predicted octanol–water partition coefficient (Wildman–Crippen LogP) is 13.9. The molecule has 5 atom stereocenters. The van der Waals surface area contributed by atoms with Crippen molar-refractivity contribution in [2.75, 3.05) is 54.3 Å². The van der Waals surface area contributed by atoms with Gasteiger partial charge in [0.05, 0.1) is 77.0 Å². The van der Waals surface area contributed by atoms with Crippen LogP contribution in [0.25, 0.3) is 67.5 Å². The topological polar surface area (TPSA) is 384 Å². The highest BCUT2D eigenvalue weighted by Gasteiger charge is 2.28. The summed E-state index contributed by atoms with van der Waals surface area (Å²) >= 11 is 18.6. The van der Waals surface area contributed by atoms with E-state index in [9.17, 15) is 39.6 Å². The molecule has 0 saturated heterocycles. The minimum absolute atomic E-state index is 0. The number of alkyl carbamates (subject to hydrolysis) is 3. The maximum Gasteiger partial charge on any atom is 0.407 e. The molecule has 590 valence electrons. The molecule has 0 bridgehead atoms. The number of ether oxygens (including phenoxy) is 3. The summed E-state index contributed by atoms with van der Waals surface area (Å²) in [5.41, 5.74) is 0.200. The highest BCUT2D eigenvalue weighted by molar-refractivity contribution is 7.92. The number of aromatic nitrogens is 12. The second kappa shape index (κ2) is 38.6. The fourth-order valence-electron chi connectivity index (χ4n) is 10.1. The normalized spacial score (nSPS) is 14.7. The summed E-state index contributed by atoms with van der Waals surface area (Å²) in [7, 11) is -7.69. The van der Waals surface area contributed by atoms with Gasteiger partial charge < -0.3 is 30.2 Å². The van der Waals surface area contributed by atoms with E-state index in [0.717, 1.165) is 54.1 Å². The minimum atomic E-state index is -3.88. The Morgan fingerprint density at radius 3 is 0.982 bits per heavy atom. The average molecular weight is 1640 g/mol. The van der Waals surface area contributed by atoms with Gasteiger partial charge in [-0.05, 0) is 136 Å². The van der Waals surface area contributed by atoms with Crippen LogP contribution in [-0.2, 0) is 63.5 Å². The smallest absolute Gasteiger partial charge is 0.407 e. The van der Waals surface area contributed by atoms with Gasteiger partial charge in [0.25, 0.3) is 0 Å². The first-order valence-electron chi connectivity index (χ1n) is 36.4. The lowest BCUT2D eigenvalue weighted by atomic mass is 10.0. The fourth-order valence-corrected chi connectivity index (χ4v) is 12.4. The molecule has 39 heteroatoms. The van der Waals surface area contributed by atoms with E-state index < -0.39 is 103 Å². The lowest BCUT2D eigenvalue weighted by Crippen LogP contribution is -2.32. The molecule has 0 aliphatic carbocycles. The van der Waals surface area contributed by atoms with Crippen LogP contribution in [0.15, 0.2) is 91.8 Å². The van der Waals surface area contributed by atoms with Crippen molar-refractivity contribution >= 4 is 100 Å². The minimum Gasteiger partial charge on any atom is -0.453 e. The Balaban J connectivity index is 0.000000272. The zero-order chi connectivity index (χ0) is 86.7. The van der Waals surface area contributed by atoms with Gasteiger partial charge in [0, 0.05) is 149 Å². The quantitative estimate of drug-likeness (QED) is 0.0260. The Bertz CT molecular complexity index is 5220. The van der Waals surface area contributed by atoms with Gasteiger partial charge in [0.1, 0.15) is 34.6 Å². The van der Waals surface area contributed by atoms with Crippen molar-refractivity contribution in [3.05, 3.63) is 142 Å². The summed E-state index contributed by atoms with van der Waals surface area (Å²) in [5.74, 6) is -1.58. The van der Waals surface area contributed by atoms with E-state index in [1.54, 1.807) is 37.0 Å². The maximum atomic E-state index is 15.7. The number of benzene rings is 3. The van der Waals surface area contributed by atoms with E-state index in [-0.39, 0.29) is 109 Å². The molecule has 9 rings (SSSR count). The van der Waals surface area contributed by atoms with Gasteiger partial charge >= 0.3 is 18.3 Å². The third kappa shape index (κ3) is 25.7. The Morgan fingerprint density at radius 2 is 0.734 bits per heavy atom. The molecule has 0 aliphatic heterocycles. The molecule has 9 aromatic rings. The number of carbonyl (C=O) groups is 3. The molecule has 30 nitrogen and oxygen atoms in total. The van der Waals surface area contributed by atoms with Crippen LogP contribution in [0.5, 0.6) is 0 Å². The molecular weight excluding hydrogens is 1540 g/mol. The van der Waals surface area contributed by atoms with Crippen LogP contribution < -0.4 is 30.1 Å². The van der Waals surface area contributed by atoms with Crippen molar-refractivity contribution in [2.24, 2.45) is 0 Å². The summed E-state index contributed by atoms with van der Waals surface area (Å²) in [6, 6.07) is 6.62. The van der Waals surface area contributed by atoms with E-state index in [2.05, 4.69) is 89.5 Å². The second-order valence-electron chi connectivity index (χ2n) is 24.7. The number of rotatable bonds is 27. The van der Waals surface area contributed by atoms with Crippen molar-refractivity contribution in [3.63, 3.8) is 0 Å². The fraction of sp³-hybridized carbons (Fsp3) is 0.400. The molecule has 6 aromatic heterocycles. The molecular formula is C70H88Cl3F3N18O12S3. The number of anilines is 3. The number of sulfonamides is 3. The van der Waals surface area contributed by atoms with Gasteiger partial charge in [-0.2, -0.15) is 15.3 Å². The van der Waals surface area contributed by atoms with Crippen LogP contribution in [0.3, 0.4) is 0 Å². The number of methoxy groups -OCH3 is 3. The van der Waals surface area contributed by atoms with Crippen molar-refractivity contribution in [3.8, 4) is 67.5 Å². The van der Waals surface area contributed by atoms with E-state index >= 15 is 13.2 Å². The number of halogens is 6. The van der Waals surface area contributed by atoms with Gasteiger partial charge in [-0.1, -0.05) is 42.2 Å². The Morgan fingerprint density at radius 1 is 0.468 bits per heavy atom. The molecule has 6 heterocycles. The number of carbonyl (C=O) groups excluding carboxylic acids is 3. The van der Waals surface area contributed by atoms with E-state index in [0.29, 0.717) is 67.3 Å². The zero-order valence-corrected chi connectivity index (χ0v) is 65.2. The number of nitrogens with one attached hydrogen (secondary N) is 6. The molecule has 6 N–H and O–H groups in total. The van der Waals surface area contributed by atoms with Crippen LogP contribution in [0.1, 0.15) is 135 Å². The Labute approximate surface area is 657 Å². The largest absolute Gasteiger partial charge is 0.453 e. The molecule has 3 aromatic carbocycles. The summed E-state index contributed by atoms with van der Waals surface area (Å²) in [6.45, 7) is 5.87. The molecule has 0 saturated carbocycles. The van der Waals surface area contributed by atoms with Gasteiger partial charge in [-0.25, -0.2) is 82.7 Å². The predicted molar refractivity (Wildman–Crippen MR) is 414 cm³/mol. The van der Waals surface area contributed by atoms with E-state index in [4.69, 9.17) is 45.8 Å². The Kier molecular flexibility index (Phi) is 26.9. The van der Waals surface area contributed by atoms with Gasteiger partial charge in [-0.3, -0.25) is 28.2 Å². The second-order valence-corrected chi connectivity index (χ2v) is 31.2. The highest BCUT2D eigenvalue weighted by atomic mass is 35.5. The highest BCUT2D eigenvalue weighted by Crippen LogP contribution is 2.41. The van der Waals surface area contributed by atoms with Crippen LogP contribution in [0.2, 0.25) is 15.1 Å². The summed E-state index contributed by atoms with van der Waals surface area (Å²) in [4.78, 5) is 60.7. The Hall–Kier alpha value is -9.75. The molecule has 109 heavy (non-hydrogen) atoms. The molecule has 3 amide bonds. The first kappa shape index (κ1) is 76.0. The van der Waals surface area contributed by atoms with E-state index in [1.807, 2.05) is 20.8 Å². The standard InChI is InChI=1S/3C23H28ClFN6O4S.CH4/c3*1-13(2)31-12-17(18-8-9-26-20(28-18)7-6-14(3)27-23(32)35-4)22(29-31)16-10-15(24)11-19(21(16)25)30-36(5,33)34;/h3*8-14,30H,6-7H2,1-5H3,(H,27,32);1H4/t3*14-;/m111./s1/i2*1D3,13D;;/t2*13?,14-;m;. The average Bonchev–Trinajstić information content (AvgIpc) is 1.61. The summed E-state index contributed by atoms with van der Waals surface area (Å²) in [6.07, 6.45) is 12.3. The summed E-state index contributed by atoms with van der Waals surface area (Å²) in [5, 5.41) is 21.1. The van der Waals surface area contributed by atoms with Crippen molar-refractivity contribution in [1.82, 2.24) is 75.2 Å². The first-order valence-corrected chi connectivity index (χ1v) is 39.3. The molecule has 0 aliphatic rings. The molecule has 0 spiro atoms. The number of hydrogen-bond donors (Lipinski definition) is 6. The van der Waals surface area contributed by atoms with Crippen LogP contribution in [0.4, 0.5) is 44.6 Å². The lowest BCUT2D eigenvalue weighted by molar-refractivity contribution is 0.166. The lowest BCUT2D eigenvalue weighted by Gasteiger charge is -2.12. The van der Waals surface area contributed by atoms with Gasteiger partial charge in [0.2, 0.25) is 30.1 Å². The van der Waals surface area contributed by atoms with Crippen molar-refractivity contribution in [2.45, 2.75) is 144 Å². The van der Waals surface area contributed by atoms with Crippen LogP contribution in [0, 0.1) is 17.5 Å². The number of amides is 3. The third-order valence-electron chi connectivity index (χ3n) is 15.1. The third-order valence-corrected chi connectivity index (χ3v) is 17.6. The summed E-state index contributed by atoms with van der Waals surface area (Å²) < 4.78 is 205.